The van der Waals surface area contributed by atoms with Gasteiger partial charge in [0.05, 0.1) is 17.9 Å². The fourth-order valence-electron chi connectivity index (χ4n) is 1.76. The van der Waals surface area contributed by atoms with Crippen molar-refractivity contribution in [2.45, 2.75) is 6.42 Å². The molecule has 0 radical (unpaired) electrons. The van der Waals surface area contributed by atoms with Crippen molar-refractivity contribution in [2.24, 2.45) is 0 Å². The van der Waals surface area contributed by atoms with Gasteiger partial charge in [0.15, 0.2) is 5.82 Å². The second kappa shape index (κ2) is 4.81. The molecule has 2 N–H and O–H groups in total. The first-order chi connectivity index (χ1) is 7.81. The van der Waals surface area contributed by atoms with Crippen LogP contribution in [0.3, 0.4) is 0 Å². The van der Waals surface area contributed by atoms with Crippen LogP contribution in [-0.4, -0.2) is 31.3 Å². The summed E-state index contributed by atoms with van der Waals surface area (Å²) in [6.45, 7) is 3.17. The second-order valence-electron chi connectivity index (χ2n) is 3.70. The lowest BCUT2D eigenvalue weighted by atomic mass is 10.2. The molecule has 16 heavy (non-hydrogen) atoms. The normalized spacial score (nSPS) is 16.6. The lowest BCUT2D eigenvalue weighted by molar-refractivity contribution is 0.152. The number of nitriles is 1. The van der Waals surface area contributed by atoms with Crippen LogP contribution in [0.4, 0.5) is 11.5 Å². The van der Waals surface area contributed by atoms with Gasteiger partial charge in [0, 0.05) is 25.9 Å². The van der Waals surface area contributed by atoms with Gasteiger partial charge < -0.3 is 15.4 Å². The zero-order valence-electron chi connectivity index (χ0n) is 9.02. The molecular formula is C11H14N4O. The number of pyridine rings is 1. The molecule has 0 aromatic carbocycles. The lowest BCUT2D eigenvalue weighted by Gasteiger charge is -2.22. The minimum atomic E-state index is 0.493. The first-order valence-corrected chi connectivity index (χ1v) is 5.29. The topological polar surface area (TPSA) is 75.2 Å². The molecule has 1 fully saturated rings. The average Bonchev–Trinajstić information content (AvgIpc) is 2.57. The van der Waals surface area contributed by atoms with Crippen molar-refractivity contribution >= 4 is 11.5 Å². The third-order valence-electron chi connectivity index (χ3n) is 2.55. The SMILES string of the molecule is N#Cc1cnc(N2CCCOCC2)c(N)c1. The van der Waals surface area contributed by atoms with E-state index < -0.39 is 0 Å². The molecular weight excluding hydrogens is 204 g/mol. The van der Waals surface area contributed by atoms with E-state index in [9.17, 15) is 0 Å². The molecule has 2 heterocycles. The van der Waals surface area contributed by atoms with Crippen molar-refractivity contribution in [3.05, 3.63) is 17.8 Å². The van der Waals surface area contributed by atoms with Crippen molar-refractivity contribution in [3.8, 4) is 6.07 Å². The van der Waals surface area contributed by atoms with Gasteiger partial charge in [-0.1, -0.05) is 0 Å². The molecule has 0 aliphatic carbocycles. The number of hydrogen-bond acceptors (Lipinski definition) is 5. The third-order valence-corrected chi connectivity index (χ3v) is 2.55. The predicted molar refractivity (Wildman–Crippen MR) is 61.0 cm³/mol. The number of ether oxygens (including phenoxy) is 1. The van der Waals surface area contributed by atoms with E-state index >= 15 is 0 Å². The minimum Gasteiger partial charge on any atom is -0.396 e. The maximum atomic E-state index is 8.73. The van der Waals surface area contributed by atoms with Crippen LogP contribution in [0.1, 0.15) is 12.0 Å². The van der Waals surface area contributed by atoms with Crippen LogP contribution in [0.5, 0.6) is 0 Å². The smallest absolute Gasteiger partial charge is 0.151 e. The Labute approximate surface area is 94.4 Å². The van der Waals surface area contributed by atoms with Crippen molar-refractivity contribution in [1.82, 2.24) is 4.98 Å². The average molecular weight is 218 g/mol. The highest BCUT2D eigenvalue weighted by atomic mass is 16.5. The Hall–Kier alpha value is -1.80. The molecule has 1 aromatic rings. The summed E-state index contributed by atoms with van der Waals surface area (Å²) in [4.78, 5) is 6.34. The van der Waals surface area contributed by atoms with E-state index in [0.29, 0.717) is 17.9 Å². The van der Waals surface area contributed by atoms with E-state index in [1.165, 1.54) is 0 Å². The molecule has 0 atom stereocenters. The zero-order valence-corrected chi connectivity index (χ0v) is 9.02. The number of anilines is 2. The summed E-state index contributed by atoms with van der Waals surface area (Å²) in [5, 5.41) is 8.73. The molecule has 0 unspecified atom stereocenters. The zero-order chi connectivity index (χ0) is 11.4. The van der Waals surface area contributed by atoms with Crippen LogP contribution in [0.15, 0.2) is 12.3 Å². The predicted octanol–water partition coefficient (Wildman–Crippen LogP) is 0.762. The van der Waals surface area contributed by atoms with Gasteiger partial charge in [-0.25, -0.2) is 4.98 Å². The van der Waals surface area contributed by atoms with E-state index in [2.05, 4.69) is 9.88 Å². The summed E-state index contributed by atoms with van der Waals surface area (Å²) in [5.74, 6) is 0.754. The molecule has 1 aliphatic heterocycles. The van der Waals surface area contributed by atoms with E-state index in [1.54, 1.807) is 12.3 Å². The Bertz CT molecular complexity index is 405. The van der Waals surface area contributed by atoms with Gasteiger partial charge in [-0.2, -0.15) is 5.26 Å². The van der Waals surface area contributed by atoms with Crippen LogP contribution in [0.2, 0.25) is 0 Å². The Kier molecular flexibility index (Phi) is 3.22. The van der Waals surface area contributed by atoms with Gasteiger partial charge in [0.1, 0.15) is 6.07 Å². The first-order valence-electron chi connectivity index (χ1n) is 5.29. The summed E-state index contributed by atoms with van der Waals surface area (Å²) >= 11 is 0. The molecule has 1 aromatic heterocycles. The van der Waals surface area contributed by atoms with Crippen molar-refractivity contribution < 1.29 is 4.74 Å². The highest BCUT2D eigenvalue weighted by Crippen LogP contribution is 2.21. The molecule has 84 valence electrons. The Balaban J connectivity index is 2.22. The van der Waals surface area contributed by atoms with Crippen LogP contribution in [0, 0.1) is 11.3 Å². The molecule has 5 heteroatoms. The van der Waals surface area contributed by atoms with Crippen LogP contribution in [0.25, 0.3) is 0 Å². The molecule has 2 rings (SSSR count). The maximum Gasteiger partial charge on any atom is 0.151 e. The van der Waals surface area contributed by atoms with E-state index in [-0.39, 0.29) is 0 Å². The van der Waals surface area contributed by atoms with E-state index in [4.69, 9.17) is 15.7 Å². The molecule has 1 aliphatic rings. The van der Waals surface area contributed by atoms with Gasteiger partial charge in [-0.15, -0.1) is 0 Å². The van der Waals surface area contributed by atoms with Crippen LogP contribution >= 0.6 is 0 Å². The number of aromatic nitrogens is 1. The van der Waals surface area contributed by atoms with Crippen molar-refractivity contribution in [1.29, 1.82) is 5.26 Å². The first kappa shape index (κ1) is 10.7. The third kappa shape index (κ3) is 2.23. The van der Waals surface area contributed by atoms with Crippen molar-refractivity contribution in [2.75, 3.05) is 36.9 Å². The number of nitrogen functional groups attached to an aromatic ring is 1. The maximum absolute atomic E-state index is 8.73. The summed E-state index contributed by atoms with van der Waals surface area (Å²) in [6, 6.07) is 3.69. The van der Waals surface area contributed by atoms with Crippen molar-refractivity contribution in [3.63, 3.8) is 0 Å². The largest absolute Gasteiger partial charge is 0.396 e. The van der Waals surface area contributed by atoms with Gasteiger partial charge in [0.25, 0.3) is 0 Å². The van der Waals surface area contributed by atoms with E-state index in [1.807, 2.05) is 6.07 Å². The number of nitrogens with two attached hydrogens (primary N) is 1. The monoisotopic (exact) mass is 218 g/mol. The van der Waals surface area contributed by atoms with Gasteiger partial charge >= 0.3 is 0 Å². The van der Waals surface area contributed by atoms with Gasteiger partial charge in [-0.3, -0.25) is 0 Å². The quantitative estimate of drug-likeness (QED) is 0.753. The molecule has 0 amide bonds. The fraction of sp³-hybridized carbons (Fsp3) is 0.455. The minimum absolute atomic E-state index is 0.493. The highest BCUT2D eigenvalue weighted by molar-refractivity contribution is 5.64. The fourth-order valence-corrected chi connectivity index (χ4v) is 1.76. The molecule has 5 nitrogen and oxygen atoms in total. The Morgan fingerprint density at radius 1 is 1.44 bits per heavy atom. The molecule has 0 spiro atoms. The molecule has 0 bridgehead atoms. The standard InChI is InChI=1S/C11H14N4O/c12-7-9-6-10(13)11(14-8-9)15-2-1-4-16-5-3-15/h6,8H,1-5,13H2. The molecule has 1 saturated heterocycles. The lowest BCUT2D eigenvalue weighted by Crippen LogP contribution is -2.27. The summed E-state index contributed by atoms with van der Waals surface area (Å²) in [6.07, 6.45) is 2.53. The number of hydrogen-bond donors (Lipinski definition) is 1. The van der Waals surface area contributed by atoms with E-state index in [0.717, 1.165) is 31.9 Å². The van der Waals surface area contributed by atoms with Gasteiger partial charge in [0.2, 0.25) is 0 Å². The number of nitrogens with zero attached hydrogens (tertiary/aromatic N) is 3. The van der Waals surface area contributed by atoms with Crippen LogP contribution in [-0.2, 0) is 4.74 Å². The van der Waals surface area contributed by atoms with Crippen LogP contribution < -0.4 is 10.6 Å². The molecule has 0 saturated carbocycles. The Morgan fingerprint density at radius 2 is 2.31 bits per heavy atom. The van der Waals surface area contributed by atoms with Gasteiger partial charge in [-0.05, 0) is 12.5 Å². The summed E-state index contributed by atoms with van der Waals surface area (Å²) in [5.41, 5.74) is 6.93. The summed E-state index contributed by atoms with van der Waals surface area (Å²) in [7, 11) is 0. The Morgan fingerprint density at radius 3 is 3.06 bits per heavy atom. The second-order valence-corrected chi connectivity index (χ2v) is 3.70. The summed E-state index contributed by atoms with van der Waals surface area (Å²) < 4.78 is 5.37. The highest BCUT2D eigenvalue weighted by Gasteiger charge is 2.14. The number of rotatable bonds is 1.